The molecule has 11 nitrogen and oxygen atoms in total. The lowest BCUT2D eigenvalue weighted by molar-refractivity contribution is -0.141. The van der Waals surface area contributed by atoms with Gasteiger partial charge < -0.3 is 25.2 Å². The molecule has 39 heavy (non-hydrogen) atoms. The molecule has 0 radical (unpaired) electrons. The maximum Gasteiger partial charge on any atom is 0.322 e. The zero-order valence-corrected chi connectivity index (χ0v) is 22.8. The normalized spacial score (nSPS) is 18.2. The van der Waals surface area contributed by atoms with Crippen molar-refractivity contribution in [2.45, 2.75) is 57.7 Å². The molecule has 2 fully saturated rings. The van der Waals surface area contributed by atoms with Crippen LogP contribution in [-0.2, 0) is 16.1 Å². The number of amides is 2. The molecule has 0 spiro atoms. The molecule has 2 saturated heterocycles. The van der Waals surface area contributed by atoms with Gasteiger partial charge in [0.05, 0.1) is 6.20 Å². The molecule has 5 rings (SSSR count). The molecule has 2 aromatic heterocycles. The number of hydrogen-bond acceptors (Lipinski definition) is 8. The van der Waals surface area contributed by atoms with Crippen molar-refractivity contribution in [3.63, 3.8) is 0 Å². The third-order valence-electron chi connectivity index (χ3n) is 7.36. The highest BCUT2D eigenvalue weighted by atomic mass is 16.5. The number of carbonyl (C=O) groups excluding carboxylic acids is 2. The lowest BCUT2D eigenvalue weighted by atomic mass is 10.0. The quantitative estimate of drug-likeness (QED) is 0.404. The number of hydrogen-bond donors (Lipinski definition) is 2. The number of benzene rings is 1. The summed E-state index contributed by atoms with van der Waals surface area (Å²) < 4.78 is 7.94. The third kappa shape index (κ3) is 5.88. The molecular formula is C28H36N8O3. The molecule has 2 amide bonds. The van der Waals surface area contributed by atoms with Crippen LogP contribution in [0.3, 0.4) is 0 Å². The maximum atomic E-state index is 12.7. The lowest BCUT2D eigenvalue weighted by Crippen LogP contribution is -2.56. The Balaban J connectivity index is 1.30. The molecule has 1 aromatic carbocycles. The predicted molar refractivity (Wildman–Crippen MR) is 149 cm³/mol. The van der Waals surface area contributed by atoms with Crippen molar-refractivity contribution < 1.29 is 14.3 Å². The minimum Gasteiger partial charge on any atom is -0.460 e. The van der Waals surface area contributed by atoms with Crippen LogP contribution in [0.15, 0.2) is 43.1 Å². The maximum absolute atomic E-state index is 12.7. The molecule has 0 aliphatic carbocycles. The molecule has 11 heteroatoms. The van der Waals surface area contributed by atoms with Crippen LogP contribution in [0.2, 0.25) is 0 Å². The van der Waals surface area contributed by atoms with Gasteiger partial charge in [0.25, 0.3) is 0 Å². The summed E-state index contributed by atoms with van der Waals surface area (Å²) in [6.45, 7) is 10.7. The van der Waals surface area contributed by atoms with Gasteiger partial charge in [-0.25, -0.2) is 0 Å². The summed E-state index contributed by atoms with van der Waals surface area (Å²) in [5.41, 5.74) is 3.36. The van der Waals surface area contributed by atoms with Crippen molar-refractivity contribution in [2.24, 2.45) is 0 Å². The first kappa shape index (κ1) is 26.6. The summed E-state index contributed by atoms with van der Waals surface area (Å²) in [7, 11) is 2.12. The third-order valence-corrected chi connectivity index (χ3v) is 7.36. The van der Waals surface area contributed by atoms with E-state index < -0.39 is 6.04 Å². The number of piperidine rings is 1. The highest BCUT2D eigenvalue weighted by molar-refractivity contribution is 6.00. The molecule has 2 aliphatic rings. The van der Waals surface area contributed by atoms with Gasteiger partial charge in [0.15, 0.2) is 5.65 Å². The standard InChI is InChI=1S/C28H36N8O3/c1-5-24(37)35-14-11-23(35)26(38)31-20-8-6-7-19(15-20)16-29-27-33-28(39-21-9-12-34(4)13-10-21)32-25-22(18(2)3)17-30-36(25)27/h5-8,15,17-18,21,23H,1,9-14,16H2,2-4H3,(H,31,38)(H,29,32,33). The number of nitrogens with one attached hydrogen (secondary N) is 2. The summed E-state index contributed by atoms with van der Waals surface area (Å²) >= 11 is 0. The lowest BCUT2D eigenvalue weighted by Gasteiger charge is -2.39. The Morgan fingerprint density at radius 1 is 1.18 bits per heavy atom. The van der Waals surface area contributed by atoms with Crippen molar-refractivity contribution in [1.82, 2.24) is 29.4 Å². The molecule has 4 heterocycles. The van der Waals surface area contributed by atoms with E-state index in [2.05, 4.69) is 53.1 Å². The number of carbonyl (C=O) groups is 2. The van der Waals surface area contributed by atoms with Crippen LogP contribution in [0.25, 0.3) is 5.65 Å². The number of likely N-dealkylation sites (tertiary alicyclic amines) is 2. The average molecular weight is 533 g/mol. The molecule has 0 saturated carbocycles. The number of ether oxygens (including phenoxy) is 1. The molecule has 206 valence electrons. The van der Waals surface area contributed by atoms with E-state index in [1.54, 1.807) is 4.52 Å². The van der Waals surface area contributed by atoms with Gasteiger partial charge in [-0.15, -0.1) is 0 Å². The largest absolute Gasteiger partial charge is 0.460 e. The highest BCUT2D eigenvalue weighted by Gasteiger charge is 2.36. The van der Waals surface area contributed by atoms with Gasteiger partial charge >= 0.3 is 6.01 Å². The Morgan fingerprint density at radius 2 is 1.97 bits per heavy atom. The molecule has 2 aliphatic heterocycles. The molecule has 1 atom stereocenters. The minimum atomic E-state index is -0.468. The summed E-state index contributed by atoms with van der Waals surface area (Å²) in [6, 6.07) is 7.47. The summed E-state index contributed by atoms with van der Waals surface area (Å²) in [5.74, 6) is 0.355. The minimum absolute atomic E-state index is 0.0792. The fraction of sp³-hybridized carbons (Fsp3) is 0.464. The van der Waals surface area contributed by atoms with Gasteiger partial charge in [0.2, 0.25) is 17.8 Å². The van der Waals surface area contributed by atoms with E-state index >= 15 is 0 Å². The Bertz CT molecular complexity index is 1360. The number of fused-ring (bicyclic) bond motifs is 1. The van der Waals surface area contributed by atoms with E-state index in [4.69, 9.17) is 9.72 Å². The monoisotopic (exact) mass is 532 g/mol. The van der Waals surface area contributed by atoms with E-state index in [0.29, 0.717) is 37.2 Å². The van der Waals surface area contributed by atoms with Crippen molar-refractivity contribution >= 4 is 29.1 Å². The summed E-state index contributed by atoms with van der Waals surface area (Å²) in [4.78, 5) is 37.9. The van der Waals surface area contributed by atoms with Crippen LogP contribution in [-0.4, -0.2) is 80.0 Å². The Morgan fingerprint density at radius 3 is 2.67 bits per heavy atom. The summed E-state index contributed by atoms with van der Waals surface area (Å²) in [6.07, 6.45) is 5.66. The fourth-order valence-corrected chi connectivity index (χ4v) is 4.91. The predicted octanol–water partition coefficient (Wildman–Crippen LogP) is 3.06. The van der Waals surface area contributed by atoms with Gasteiger partial charge in [-0.2, -0.15) is 19.6 Å². The van der Waals surface area contributed by atoms with E-state index in [0.717, 1.165) is 42.7 Å². The van der Waals surface area contributed by atoms with E-state index in [-0.39, 0.29) is 23.8 Å². The zero-order valence-electron chi connectivity index (χ0n) is 22.8. The second-order valence-electron chi connectivity index (χ2n) is 10.5. The van der Waals surface area contributed by atoms with Gasteiger partial charge in [-0.1, -0.05) is 32.6 Å². The summed E-state index contributed by atoms with van der Waals surface area (Å²) in [5, 5.41) is 10.9. The van der Waals surface area contributed by atoms with Gasteiger partial charge in [-0.3, -0.25) is 9.59 Å². The van der Waals surface area contributed by atoms with Gasteiger partial charge in [-0.05, 0) is 56.0 Å². The zero-order chi connectivity index (χ0) is 27.5. The molecule has 3 aromatic rings. The van der Waals surface area contributed by atoms with Crippen LogP contribution in [0, 0.1) is 0 Å². The Kier molecular flexibility index (Phi) is 7.78. The number of anilines is 2. The van der Waals surface area contributed by atoms with Gasteiger partial charge in [0.1, 0.15) is 12.1 Å². The molecular weight excluding hydrogens is 496 g/mol. The second kappa shape index (κ2) is 11.4. The van der Waals surface area contributed by atoms with Crippen molar-refractivity contribution in [2.75, 3.05) is 37.3 Å². The fourth-order valence-electron chi connectivity index (χ4n) is 4.91. The first-order valence-electron chi connectivity index (χ1n) is 13.5. The highest BCUT2D eigenvalue weighted by Crippen LogP contribution is 2.25. The van der Waals surface area contributed by atoms with Crippen molar-refractivity contribution in [3.8, 4) is 6.01 Å². The first-order chi connectivity index (χ1) is 18.8. The molecule has 2 N–H and O–H groups in total. The number of rotatable bonds is 9. The van der Waals surface area contributed by atoms with E-state index in [1.165, 1.54) is 11.0 Å². The number of aromatic nitrogens is 4. The van der Waals surface area contributed by atoms with Crippen molar-refractivity contribution in [1.29, 1.82) is 0 Å². The van der Waals surface area contributed by atoms with Crippen LogP contribution in [0.1, 0.15) is 50.2 Å². The topological polar surface area (TPSA) is 117 Å². The van der Waals surface area contributed by atoms with Crippen LogP contribution in [0.4, 0.5) is 11.6 Å². The van der Waals surface area contributed by atoms with E-state index in [9.17, 15) is 9.59 Å². The average Bonchev–Trinajstić information content (AvgIpc) is 3.32. The smallest absolute Gasteiger partial charge is 0.322 e. The van der Waals surface area contributed by atoms with Crippen LogP contribution < -0.4 is 15.4 Å². The molecule has 0 bridgehead atoms. The Labute approximate surface area is 228 Å². The van der Waals surface area contributed by atoms with Gasteiger partial charge in [0, 0.05) is 37.4 Å². The first-order valence-corrected chi connectivity index (χ1v) is 13.5. The van der Waals surface area contributed by atoms with Crippen LogP contribution in [0.5, 0.6) is 6.01 Å². The second-order valence-corrected chi connectivity index (χ2v) is 10.5. The molecule has 1 unspecified atom stereocenters. The SMILES string of the molecule is C=CC(=O)N1CCC1C(=O)Nc1cccc(CNc2nc(OC3CCN(C)CC3)nc3c(C(C)C)cnn23)c1. The van der Waals surface area contributed by atoms with Crippen LogP contribution >= 0.6 is 0 Å². The Hall–Kier alpha value is -3.99. The number of nitrogens with zero attached hydrogens (tertiary/aromatic N) is 6. The van der Waals surface area contributed by atoms with Crippen molar-refractivity contribution in [3.05, 3.63) is 54.2 Å². The van der Waals surface area contributed by atoms with E-state index in [1.807, 2.05) is 30.5 Å².